The molecule has 0 aromatic heterocycles. The summed E-state index contributed by atoms with van der Waals surface area (Å²) in [6, 6.07) is 2.43. The molecule has 1 aliphatic carbocycles. The number of halogens is 1. The Labute approximate surface area is 79.7 Å². The summed E-state index contributed by atoms with van der Waals surface area (Å²) in [7, 11) is 0. The maximum Gasteiger partial charge on any atom is 0.298 e. The first-order valence-corrected chi connectivity index (χ1v) is 4.33. The van der Waals surface area contributed by atoms with E-state index in [0.29, 0.717) is 0 Å². The number of nitro groups is 1. The number of nitrogens with zero attached hydrogens (tertiary/aromatic N) is 1. The van der Waals surface area contributed by atoms with Crippen molar-refractivity contribution in [2.75, 3.05) is 5.73 Å². The molecule has 0 amide bonds. The van der Waals surface area contributed by atoms with E-state index in [1.54, 1.807) is 0 Å². The van der Waals surface area contributed by atoms with E-state index in [1.807, 2.05) is 0 Å². The Kier molecular flexibility index (Phi) is 1.87. The van der Waals surface area contributed by atoms with Crippen LogP contribution < -0.4 is 5.73 Å². The van der Waals surface area contributed by atoms with E-state index in [-0.39, 0.29) is 22.9 Å². The van der Waals surface area contributed by atoms with Gasteiger partial charge in [0.15, 0.2) is 0 Å². The molecular weight excluding hydrogens is 187 g/mol. The third-order valence-electron chi connectivity index (χ3n) is 2.36. The molecule has 0 heterocycles. The van der Waals surface area contributed by atoms with E-state index in [1.165, 1.54) is 12.1 Å². The van der Waals surface area contributed by atoms with E-state index in [2.05, 4.69) is 0 Å². The van der Waals surface area contributed by atoms with Crippen molar-refractivity contribution in [3.05, 3.63) is 33.6 Å². The second-order valence-electron chi connectivity index (χ2n) is 3.43. The van der Waals surface area contributed by atoms with Gasteiger partial charge in [0, 0.05) is 0 Å². The average Bonchev–Trinajstić information content (AvgIpc) is 2.91. The maximum atomic E-state index is 13.3. The minimum Gasteiger partial charge on any atom is -0.393 e. The summed E-state index contributed by atoms with van der Waals surface area (Å²) >= 11 is 0. The van der Waals surface area contributed by atoms with Crippen LogP contribution in [0.4, 0.5) is 15.8 Å². The highest BCUT2D eigenvalue weighted by Crippen LogP contribution is 2.46. The Balaban J connectivity index is 2.62. The number of hydrogen-bond acceptors (Lipinski definition) is 3. The molecule has 1 saturated carbocycles. The van der Waals surface area contributed by atoms with Gasteiger partial charge in [0.2, 0.25) is 0 Å². The van der Waals surface area contributed by atoms with Crippen molar-refractivity contribution in [2.24, 2.45) is 0 Å². The molecule has 1 aromatic carbocycles. The molecule has 0 saturated heterocycles. The Bertz CT molecular complexity index is 402. The number of rotatable bonds is 2. The van der Waals surface area contributed by atoms with Crippen molar-refractivity contribution in [3.63, 3.8) is 0 Å². The lowest BCUT2D eigenvalue weighted by atomic mass is 10.1. The molecule has 0 atom stereocenters. The SMILES string of the molecule is Nc1ccc(F)c(C2CC2)c1[N+](=O)[O-]. The predicted molar refractivity (Wildman–Crippen MR) is 49.4 cm³/mol. The molecule has 0 aliphatic heterocycles. The number of nitro benzene ring substituents is 1. The van der Waals surface area contributed by atoms with E-state index in [0.717, 1.165) is 12.8 Å². The second kappa shape index (κ2) is 2.94. The van der Waals surface area contributed by atoms with Gasteiger partial charge in [-0.3, -0.25) is 10.1 Å². The monoisotopic (exact) mass is 196 g/mol. The molecule has 14 heavy (non-hydrogen) atoms. The summed E-state index contributed by atoms with van der Waals surface area (Å²) in [5.74, 6) is -0.535. The fraction of sp³-hybridized carbons (Fsp3) is 0.333. The molecule has 2 N–H and O–H groups in total. The number of hydrogen-bond donors (Lipinski definition) is 1. The molecule has 2 rings (SSSR count). The largest absolute Gasteiger partial charge is 0.393 e. The molecule has 0 bridgehead atoms. The first kappa shape index (κ1) is 8.93. The predicted octanol–water partition coefficient (Wildman–Crippen LogP) is 2.19. The van der Waals surface area contributed by atoms with Crippen molar-refractivity contribution in [1.82, 2.24) is 0 Å². The number of anilines is 1. The van der Waals surface area contributed by atoms with Crippen molar-refractivity contribution in [2.45, 2.75) is 18.8 Å². The van der Waals surface area contributed by atoms with Crippen LogP contribution in [0.5, 0.6) is 0 Å². The van der Waals surface area contributed by atoms with Gasteiger partial charge in [-0.25, -0.2) is 4.39 Å². The van der Waals surface area contributed by atoms with Gasteiger partial charge in [-0.2, -0.15) is 0 Å². The first-order chi connectivity index (χ1) is 6.61. The fourth-order valence-electron chi connectivity index (χ4n) is 1.56. The lowest BCUT2D eigenvalue weighted by molar-refractivity contribution is -0.384. The number of nitrogens with two attached hydrogens (primary N) is 1. The smallest absolute Gasteiger partial charge is 0.298 e. The highest BCUT2D eigenvalue weighted by Gasteiger charge is 2.35. The topological polar surface area (TPSA) is 69.2 Å². The van der Waals surface area contributed by atoms with E-state index >= 15 is 0 Å². The zero-order valence-electron chi connectivity index (χ0n) is 7.37. The van der Waals surface area contributed by atoms with Gasteiger partial charge in [0.25, 0.3) is 5.69 Å². The maximum absolute atomic E-state index is 13.3. The van der Waals surface area contributed by atoms with Gasteiger partial charge in [0.1, 0.15) is 11.5 Å². The van der Waals surface area contributed by atoms with Gasteiger partial charge in [-0.15, -0.1) is 0 Å². The number of nitrogen functional groups attached to an aromatic ring is 1. The quantitative estimate of drug-likeness (QED) is 0.447. The van der Waals surface area contributed by atoms with Crippen LogP contribution in [0.1, 0.15) is 24.3 Å². The Hall–Kier alpha value is -1.65. The average molecular weight is 196 g/mol. The summed E-state index contributed by atoms with van der Waals surface area (Å²) in [5.41, 5.74) is 5.41. The molecular formula is C9H9FN2O2. The standard InChI is InChI=1S/C9H9FN2O2/c10-6-3-4-7(11)9(12(13)14)8(6)5-1-2-5/h3-5H,1-2,11H2. The molecule has 4 nitrogen and oxygen atoms in total. The van der Waals surface area contributed by atoms with Crippen LogP contribution in [-0.2, 0) is 0 Å². The lowest BCUT2D eigenvalue weighted by Gasteiger charge is -2.04. The molecule has 1 fully saturated rings. The highest BCUT2D eigenvalue weighted by molar-refractivity contribution is 5.64. The zero-order valence-corrected chi connectivity index (χ0v) is 7.37. The van der Waals surface area contributed by atoms with Crippen molar-refractivity contribution >= 4 is 11.4 Å². The number of benzene rings is 1. The van der Waals surface area contributed by atoms with Crippen LogP contribution in [0.3, 0.4) is 0 Å². The van der Waals surface area contributed by atoms with E-state index in [4.69, 9.17) is 5.73 Å². The second-order valence-corrected chi connectivity index (χ2v) is 3.43. The normalized spacial score (nSPS) is 15.5. The van der Waals surface area contributed by atoms with Gasteiger partial charge in [0.05, 0.1) is 10.5 Å². The van der Waals surface area contributed by atoms with Crippen LogP contribution in [-0.4, -0.2) is 4.92 Å². The molecule has 0 unspecified atom stereocenters. The third kappa shape index (κ3) is 1.30. The van der Waals surface area contributed by atoms with Crippen LogP contribution in [0.2, 0.25) is 0 Å². The molecule has 5 heteroatoms. The molecule has 1 aliphatic rings. The van der Waals surface area contributed by atoms with Gasteiger partial charge < -0.3 is 5.73 Å². The van der Waals surface area contributed by atoms with Gasteiger partial charge in [-0.05, 0) is 30.9 Å². The van der Waals surface area contributed by atoms with Gasteiger partial charge in [-0.1, -0.05) is 0 Å². The lowest BCUT2D eigenvalue weighted by Crippen LogP contribution is -2.02. The molecule has 0 radical (unpaired) electrons. The Morgan fingerprint density at radius 2 is 2.14 bits per heavy atom. The third-order valence-corrected chi connectivity index (χ3v) is 2.36. The molecule has 1 aromatic rings. The summed E-state index contributed by atoms with van der Waals surface area (Å²) in [6.45, 7) is 0. The van der Waals surface area contributed by atoms with Crippen molar-refractivity contribution < 1.29 is 9.31 Å². The van der Waals surface area contributed by atoms with Crippen molar-refractivity contribution in [1.29, 1.82) is 0 Å². The fourth-order valence-corrected chi connectivity index (χ4v) is 1.56. The summed E-state index contributed by atoms with van der Waals surface area (Å²) in [6.07, 6.45) is 1.61. The van der Waals surface area contributed by atoms with Crippen LogP contribution in [0.25, 0.3) is 0 Å². The minimum absolute atomic E-state index is 0.0149. The highest BCUT2D eigenvalue weighted by atomic mass is 19.1. The Morgan fingerprint density at radius 3 is 2.64 bits per heavy atom. The van der Waals surface area contributed by atoms with Gasteiger partial charge >= 0.3 is 0 Å². The molecule has 74 valence electrons. The zero-order chi connectivity index (χ0) is 10.3. The first-order valence-electron chi connectivity index (χ1n) is 4.33. The summed E-state index contributed by atoms with van der Waals surface area (Å²) in [4.78, 5) is 10.1. The van der Waals surface area contributed by atoms with Crippen LogP contribution in [0, 0.1) is 15.9 Å². The van der Waals surface area contributed by atoms with Crippen molar-refractivity contribution in [3.8, 4) is 0 Å². The van der Waals surface area contributed by atoms with E-state index in [9.17, 15) is 14.5 Å². The minimum atomic E-state index is -0.605. The molecule has 0 spiro atoms. The van der Waals surface area contributed by atoms with Crippen LogP contribution in [0.15, 0.2) is 12.1 Å². The summed E-state index contributed by atoms with van der Waals surface area (Å²) in [5, 5.41) is 10.7. The van der Waals surface area contributed by atoms with Crippen LogP contribution >= 0.6 is 0 Å². The summed E-state index contributed by atoms with van der Waals surface area (Å²) < 4.78 is 13.3. The Morgan fingerprint density at radius 1 is 1.50 bits per heavy atom. The van der Waals surface area contributed by atoms with E-state index < -0.39 is 10.7 Å².